The van der Waals surface area contributed by atoms with Gasteiger partial charge in [-0.2, -0.15) is 0 Å². The number of nitrogens with two attached hydrogens (primary N) is 1. The molecule has 6 nitrogen and oxygen atoms in total. The van der Waals surface area contributed by atoms with Gasteiger partial charge in [-0.1, -0.05) is 6.07 Å². The highest BCUT2D eigenvalue weighted by Gasteiger charge is 2.08. The fraction of sp³-hybridized carbons (Fsp3) is 0. The highest BCUT2D eigenvalue weighted by atomic mass is 127. The minimum Gasteiger partial charge on any atom is -0.321 e. The molecule has 1 aromatic carbocycles. The van der Waals surface area contributed by atoms with Crippen LogP contribution in [0.5, 0.6) is 0 Å². The van der Waals surface area contributed by atoms with Crippen molar-refractivity contribution in [3.8, 4) is 0 Å². The van der Waals surface area contributed by atoms with E-state index in [1.807, 2.05) is 24.3 Å². The molecule has 0 unspecified atom stereocenters. The fourth-order valence-corrected chi connectivity index (χ4v) is 1.83. The second-order valence-electron chi connectivity index (χ2n) is 3.41. The van der Waals surface area contributed by atoms with Gasteiger partial charge in [-0.25, -0.2) is 5.84 Å². The third-order valence-electron chi connectivity index (χ3n) is 2.13. The number of benzene rings is 1. The standard InChI is InChI=1S/C11H10IN5O/c12-7-2-1-3-8(6-7)14-11(18)9-4-5-10(15-13)17-16-9/h1-6H,13H2,(H,14,18)(H,15,17). The van der Waals surface area contributed by atoms with Gasteiger partial charge in [0.05, 0.1) is 0 Å². The molecule has 0 aliphatic carbocycles. The summed E-state index contributed by atoms with van der Waals surface area (Å²) in [5.41, 5.74) is 3.29. The maximum Gasteiger partial charge on any atom is 0.276 e. The molecule has 0 aliphatic rings. The second-order valence-corrected chi connectivity index (χ2v) is 4.66. The highest BCUT2D eigenvalue weighted by Crippen LogP contribution is 2.13. The van der Waals surface area contributed by atoms with E-state index >= 15 is 0 Å². The summed E-state index contributed by atoms with van der Waals surface area (Å²) >= 11 is 2.17. The van der Waals surface area contributed by atoms with E-state index in [4.69, 9.17) is 5.84 Å². The van der Waals surface area contributed by atoms with E-state index in [2.05, 4.69) is 43.5 Å². The van der Waals surface area contributed by atoms with Crippen LogP contribution in [-0.4, -0.2) is 16.1 Å². The van der Waals surface area contributed by atoms with Gasteiger partial charge >= 0.3 is 0 Å². The van der Waals surface area contributed by atoms with Crippen LogP contribution in [0.1, 0.15) is 10.5 Å². The Hall–Kier alpha value is -1.74. The molecular formula is C11H10IN5O. The first kappa shape index (κ1) is 12.7. The Bertz CT molecular complexity index is 558. The Morgan fingerprint density at radius 2 is 2.06 bits per heavy atom. The van der Waals surface area contributed by atoms with E-state index in [0.717, 1.165) is 9.26 Å². The molecule has 0 fully saturated rings. The zero-order valence-corrected chi connectivity index (χ0v) is 11.4. The molecule has 1 heterocycles. The molecule has 18 heavy (non-hydrogen) atoms. The summed E-state index contributed by atoms with van der Waals surface area (Å²) in [5.74, 6) is 5.25. The first-order valence-corrected chi connectivity index (χ1v) is 6.14. The van der Waals surface area contributed by atoms with Crippen LogP contribution < -0.4 is 16.6 Å². The lowest BCUT2D eigenvalue weighted by Crippen LogP contribution is -2.16. The minimum absolute atomic E-state index is 0.230. The number of carbonyl (C=O) groups excluding carboxylic acids is 1. The van der Waals surface area contributed by atoms with E-state index in [0.29, 0.717) is 5.82 Å². The Labute approximate surface area is 117 Å². The van der Waals surface area contributed by atoms with Gasteiger partial charge in [0.15, 0.2) is 11.5 Å². The molecule has 7 heteroatoms. The van der Waals surface area contributed by atoms with Crippen molar-refractivity contribution in [3.05, 3.63) is 45.7 Å². The molecule has 0 saturated heterocycles. The van der Waals surface area contributed by atoms with Gasteiger partial charge in [-0.15, -0.1) is 10.2 Å². The third-order valence-corrected chi connectivity index (χ3v) is 2.80. The number of carbonyl (C=O) groups is 1. The summed E-state index contributed by atoms with van der Waals surface area (Å²) in [6.45, 7) is 0. The SMILES string of the molecule is NNc1ccc(C(=O)Nc2cccc(I)c2)nn1. The quantitative estimate of drug-likeness (QED) is 0.442. The molecule has 0 aliphatic heterocycles. The van der Waals surface area contributed by atoms with Crippen molar-refractivity contribution < 1.29 is 4.79 Å². The van der Waals surface area contributed by atoms with Gasteiger partial charge in [-0.05, 0) is 52.9 Å². The molecular weight excluding hydrogens is 345 g/mol. The van der Waals surface area contributed by atoms with Gasteiger partial charge in [0, 0.05) is 9.26 Å². The van der Waals surface area contributed by atoms with Crippen LogP contribution in [-0.2, 0) is 0 Å². The smallest absolute Gasteiger partial charge is 0.276 e. The molecule has 1 amide bonds. The number of hydrogen-bond donors (Lipinski definition) is 3. The summed E-state index contributed by atoms with van der Waals surface area (Å²) in [4.78, 5) is 11.9. The van der Waals surface area contributed by atoms with Gasteiger partial charge in [0.1, 0.15) is 0 Å². The monoisotopic (exact) mass is 355 g/mol. The number of anilines is 2. The van der Waals surface area contributed by atoms with Gasteiger partial charge in [0.2, 0.25) is 0 Å². The third kappa shape index (κ3) is 3.14. The molecule has 1 aromatic heterocycles. The lowest BCUT2D eigenvalue weighted by atomic mass is 10.3. The number of halogens is 1. The second kappa shape index (κ2) is 5.74. The molecule has 0 radical (unpaired) electrons. The van der Waals surface area contributed by atoms with Crippen LogP contribution in [0.25, 0.3) is 0 Å². The number of hydrogen-bond acceptors (Lipinski definition) is 5. The maximum absolute atomic E-state index is 11.9. The first-order chi connectivity index (χ1) is 8.69. The van der Waals surface area contributed by atoms with Crippen LogP contribution >= 0.6 is 22.6 Å². The average Bonchev–Trinajstić information content (AvgIpc) is 2.39. The number of rotatable bonds is 3. The Kier molecular flexibility index (Phi) is 4.05. The maximum atomic E-state index is 11.9. The van der Waals surface area contributed by atoms with E-state index in [9.17, 15) is 4.79 Å². The van der Waals surface area contributed by atoms with E-state index < -0.39 is 0 Å². The van der Waals surface area contributed by atoms with Crippen molar-refractivity contribution in [1.82, 2.24) is 10.2 Å². The zero-order chi connectivity index (χ0) is 13.0. The van der Waals surface area contributed by atoms with Crippen molar-refractivity contribution in [1.29, 1.82) is 0 Å². The van der Waals surface area contributed by atoms with Crippen molar-refractivity contribution in [2.75, 3.05) is 10.7 Å². The average molecular weight is 355 g/mol. The minimum atomic E-state index is -0.312. The summed E-state index contributed by atoms with van der Waals surface area (Å²) in [7, 11) is 0. The zero-order valence-electron chi connectivity index (χ0n) is 9.22. The predicted octanol–water partition coefficient (Wildman–Crippen LogP) is 1.62. The predicted molar refractivity (Wildman–Crippen MR) is 77.0 cm³/mol. The Morgan fingerprint density at radius 1 is 1.22 bits per heavy atom. The number of nitrogen functional groups attached to an aromatic ring is 1. The fourth-order valence-electron chi connectivity index (χ4n) is 1.29. The summed E-state index contributed by atoms with van der Waals surface area (Å²) in [6.07, 6.45) is 0. The number of amides is 1. The largest absolute Gasteiger partial charge is 0.321 e. The van der Waals surface area contributed by atoms with E-state index in [-0.39, 0.29) is 11.6 Å². The Balaban J connectivity index is 2.11. The number of nitrogens with one attached hydrogen (secondary N) is 2. The summed E-state index contributed by atoms with van der Waals surface area (Å²) in [5, 5.41) is 10.2. The van der Waals surface area contributed by atoms with Gasteiger partial charge in [-0.3, -0.25) is 4.79 Å². The summed E-state index contributed by atoms with van der Waals surface area (Å²) in [6, 6.07) is 10.6. The molecule has 0 spiro atoms. The lowest BCUT2D eigenvalue weighted by molar-refractivity contribution is 0.102. The Morgan fingerprint density at radius 3 is 2.67 bits per heavy atom. The van der Waals surface area contributed by atoms with Crippen LogP contribution in [0.4, 0.5) is 11.5 Å². The number of aromatic nitrogens is 2. The van der Waals surface area contributed by atoms with Gasteiger partial charge in [0.25, 0.3) is 5.91 Å². The van der Waals surface area contributed by atoms with E-state index in [1.54, 1.807) is 12.1 Å². The number of nitrogens with zero attached hydrogens (tertiary/aromatic N) is 2. The molecule has 92 valence electrons. The van der Waals surface area contributed by atoms with Crippen molar-refractivity contribution in [3.63, 3.8) is 0 Å². The number of hydrazine groups is 1. The van der Waals surface area contributed by atoms with Gasteiger partial charge < -0.3 is 10.7 Å². The van der Waals surface area contributed by atoms with Crippen LogP contribution in [0.15, 0.2) is 36.4 Å². The highest BCUT2D eigenvalue weighted by molar-refractivity contribution is 14.1. The first-order valence-electron chi connectivity index (χ1n) is 5.06. The normalized spacial score (nSPS) is 9.89. The molecule has 0 saturated carbocycles. The molecule has 0 atom stereocenters. The lowest BCUT2D eigenvalue weighted by Gasteiger charge is -2.05. The van der Waals surface area contributed by atoms with Crippen LogP contribution in [0, 0.1) is 3.57 Å². The van der Waals surface area contributed by atoms with Crippen molar-refractivity contribution in [2.45, 2.75) is 0 Å². The van der Waals surface area contributed by atoms with Crippen molar-refractivity contribution >= 4 is 40.0 Å². The van der Waals surface area contributed by atoms with Crippen molar-refractivity contribution in [2.24, 2.45) is 5.84 Å². The molecule has 2 aromatic rings. The van der Waals surface area contributed by atoms with Crippen LogP contribution in [0.3, 0.4) is 0 Å². The summed E-state index contributed by atoms with van der Waals surface area (Å²) < 4.78 is 1.04. The van der Waals surface area contributed by atoms with Crippen LogP contribution in [0.2, 0.25) is 0 Å². The van der Waals surface area contributed by atoms with E-state index in [1.165, 1.54) is 0 Å². The molecule has 4 N–H and O–H groups in total. The topological polar surface area (TPSA) is 92.9 Å². The molecule has 0 bridgehead atoms. The molecule has 2 rings (SSSR count).